The lowest BCUT2D eigenvalue weighted by Gasteiger charge is -2.10. The van der Waals surface area contributed by atoms with Crippen LogP contribution in [0.4, 0.5) is 17.6 Å². The van der Waals surface area contributed by atoms with Crippen molar-refractivity contribution in [2.75, 3.05) is 12.0 Å². The van der Waals surface area contributed by atoms with Crippen molar-refractivity contribution in [1.29, 1.82) is 0 Å². The third-order valence-corrected chi connectivity index (χ3v) is 6.67. The second kappa shape index (κ2) is 9.11. The summed E-state index contributed by atoms with van der Waals surface area (Å²) in [5, 5.41) is 0. The lowest BCUT2D eigenvalue weighted by atomic mass is 10.2. The number of sulfone groups is 1. The summed E-state index contributed by atoms with van der Waals surface area (Å²) in [6.45, 7) is -1.26. The van der Waals surface area contributed by atoms with Gasteiger partial charge in [0.15, 0.2) is 0 Å². The summed E-state index contributed by atoms with van der Waals surface area (Å²) in [5.41, 5.74) is 6.69. The van der Waals surface area contributed by atoms with Crippen LogP contribution in [0.2, 0.25) is 0 Å². The molecule has 0 bridgehead atoms. The maximum atomic E-state index is 14.0. The minimum absolute atomic E-state index is 0.00311. The maximum Gasteiger partial charge on any atom is 0.406 e. The minimum atomic E-state index is -4.66. The van der Waals surface area contributed by atoms with Crippen LogP contribution in [-0.4, -0.2) is 45.3 Å². The summed E-state index contributed by atoms with van der Waals surface area (Å²) in [5.74, 6) is -0.465. The molecule has 2 N–H and O–H groups in total. The second-order valence-electron chi connectivity index (χ2n) is 8.39. The highest BCUT2D eigenvalue weighted by atomic mass is 32.2. The number of benzene rings is 2. The van der Waals surface area contributed by atoms with Crippen LogP contribution in [0.5, 0.6) is 0 Å². The molecule has 0 amide bonds. The van der Waals surface area contributed by atoms with Gasteiger partial charge in [-0.3, -0.25) is 9.13 Å². The zero-order valence-electron chi connectivity index (χ0n) is 18.7. The standard InChI is InChI=1S/C22H23F4N5O3S/c1-35(33,34)8-2-7-29-17-5-3-14(11-27)9-16(17)28-20(29)12-30-19-10-15(23)4-6-18(19)31(21(30)32)13-22(24,25)26/h3-6,9-10H,2,7-8,11-13,27H2,1H3. The van der Waals surface area contributed by atoms with E-state index >= 15 is 0 Å². The van der Waals surface area contributed by atoms with E-state index in [9.17, 15) is 30.8 Å². The predicted molar refractivity (Wildman–Crippen MR) is 123 cm³/mol. The van der Waals surface area contributed by atoms with Crippen molar-refractivity contribution >= 4 is 31.9 Å². The molecule has 2 aromatic carbocycles. The van der Waals surface area contributed by atoms with Crippen LogP contribution < -0.4 is 11.4 Å². The monoisotopic (exact) mass is 513 g/mol. The van der Waals surface area contributed by atoms with E-state index in [0.717, 1.165) is 34.6 Å². The van der Waals surface area contributed by atoms with Crippen molar-refractivity contribution in [3.8, 4) is 0 Å². The van der Waals surface area contributed by atoms with E-state index in [1.807, 2.05) is 0 Å². The van der Waals surface area contributed by atoms with Crippen LogP contribution in [0.25, 0.3) is 22.1 Å². The number of rotatable bonds is 8. The first-order valence-electron chi connectivity index (χ1n) is 10.7. The molecule has 0 saturated carbocycles. The average Bonchev–Trinajstić information content (AvgIpc) is 3.21. The van der Waals surface area contributed by atoms with E-state index in [2.05, 4.69) is 4.98 Å². The summed E-state index contributed by atoms with van der Waals surface area (Å²) < 4.78 is 80.0. The molecule has 4 aromatic rings. The highest BCUT2D eigenvalue weighted by Gasteiger charge is 2.31. The molecule has 0 aliphatic rings. The van der Waals surface area contributed by atoms with Gasteiger partial charge in [-0.15, -0.1) is 0 Å². The molecule has 0 spiro atoms. The van der Waals surface area contributed by atoms with E-state index in [1.54, 1.807) is 22.8 Å². The van der Waals surface area contributed by atoms with Crippen molar-refractivity contribution in [2.24, 2.45) is 5.73 Å². The van der Waals surface area contributed by atoms with E-state index in [-0.39, 0.29) is 42.8 Å². The predicted octanol–water partition coefficient (Wildman–Crippen LogP) is 2.80. The average molecular weight is 514 g/mol. The van der Waals surface area contributed by atoms with Gasteiger partial charge in [-0.2, -0.15) is 13.2 Å². The number of nitrogens with zero attached hydrogens (tertiary/aromatic N) is 4. The van der Waals surface area contributed by atoms with E-state index in [0.29, 0.717) is 21.4 Å². The summed E-state index contributed by atoms with van der Waals surface area (Å²) in [4.78, 5) is 17.6. The Balaban J connectivity index is 1.84. The Labute approximate surface area is 197 Å². The Morgan fingerprint density at radius 3 is 2.37 bits per heavy atom. The van der Waals surface area contributed by atoms with Gasteiger partial charge >= 0.3 is 11.9 Å². The normalized spacial score (nSPS) is 12.7. The van der Waals surface area contributed by atoms with Crippen LogP contribution in [0.3, 0.4) is 0 Å². The van der Waals surface area contributed by atoms with Crippen LogP contribution in [0.1, 0.15) is 17.8 Å². The van der Waals surface area contributed by atoms with Gasteiger partial charge in [-0.25, -0.2) is 22.6 Å². The largest absolute Gasteiger partial charge is 0.406 e. The molecule has 0 atom stereocenters. The number of alkyl halides is 3. The third-order valence-electron chi connectivity index (χ3n) is 5.64. The van der Waals surface area contributed by atoms with Crippen molar-refractivity contribution in [3.05, 3.63) is 64.1 Å². The molecule has 0 saturated heterocycles. The molecule has 0 radical (unpaired) electrons. The van der Waals surface area contributed by atoms with Gasteiger partial charge in [-0.05, 0) is 42.3 Å². The molecule has 2 heterocycles. The number of nitrogens with two attached hydrogens (primary N) is 1. The maximum absolute atomic E-state index is 14.0. The van der Waals surface area contributed by atoms with E-state index in [1.165, 1.54) is 0 Å². The Bertz CT molecular complexity index is 1570. The number of halogens is 4. The molecule has 8 nitrogen and oxygen atoms in total. The lowest BCUT2D eigenvalue weighted by molar-refractivity contribution is -0.140. The number of hydrogen-bond acceptors (Lipinski definition) is 5. The van der Waals surface area contributed by atoms with Crippen molar-refractivity contribution in [2.45, 2.75) is 38.8 Å². The van der Waals surface area contributed by atoms with Crippen molar-refractivity contribution in [1.82, 2.24) is 18.7 Å². The zero-order valence-corrected chi connectivity index (χ0v) is 19.5. The molecule has 13 heteroatoms. The SMILES string of the molecule is CS(=O)(=O)CCCn1c(Cn2c(=O)n(CC(F)(F)F)c3ccc(F)cc32)nc2cc(CN)ccc21. The first-order valence-corrected chi connectivity index (χ1v) is 12.7. The fourth-order valence-corrected chi connectivity index (χ4v) is 4.78. The number of hydrogen-bond donors (Lipinski definition) is 1. The summed E-state index contributed by atoms with van der Waals surface area (Å²) in [7, 11) is -3.22. The van der Waals surface area contributed by atoms with Gasteiger partial charge in [0.1, 0.15) is 28.0 Å². The molecular formula is C22H23F4N5O3S. The van der Waals surface area contributed by atoms with Gasteiger partial charge in [0.25, 0.3) is 0 Å². The fraction of sp³-hybridized carbons (Fsp3) is 0.364. The van der Waals surface area contributed by atoms with Crippen LogP contribution >= 0.6 is 0 Å². The number of fused-ring (bicyclic) bond motifs is 2. The van der Waals surface area contributed by atoms with Gasteiger partial charge in [0.05, 0.1) is 34.4 Å². The Hall–Kier alpha value is -3.19. The number of aryl methyl sites for hydroxylation is 1. The van der Waals surface area contributed by atoms with Crippen LogP contribution in [0.15, 0.2) is 41.2 Å². The molecular weight excluding hydrogens is 490 g/mol. The molecule has 2 aromatic heterocycles. The highest BCUT2D eigenvalue weighted by Crippen LogP contribution is 2.24. The molecule has 0 unspecified atom stereocenters. The molecule has 0 fully saturated rings. The highest BCUT2D eigenvalue weighted by molar-refractivity contribution is 7.90. The number of imidazole rings is 2. The number of aromatic nitrogens is 4. The Kier molecular flexibility index (Phi) is 6.49. The topological polar surface area (TPSA) is 105 Å². The molecule has 188 valence electrons. The van der Waals surface area contributed by atoms with E-state index in [4.69, 9.17) is 5.73 Å². The fourth-order valence-electron chi connectivity index (χ4n) is 4.13. The summed E-state index contributed by atoms with van der Waals surface area (Å²) in [6, 6.07) is 8.44. The van der Waals surface area contributed by atoms with Gasteiger partial charge in [-0.1, -0.05) is 6.07 Å². The van der Waals surface area contributed by atoms with Gasteiger partial charge in [0, 0.05) is 19.3 Å². The van der Waals surface area contributed by atoms with Crippen molar-refractivity contribution in [3.63, 3.8) is 0 Å². The third kappa shape index (κ3) is 5.40. The lowest BCUT2D eigenvalue weighted by Crippen LogP contribution is -2.30. The quantitative estimate of drug-likeness (QED) is 0.365. The first-order chi connectivity index (χ1) is 16.4. The summed E-state index contributed by atoms with van der Waals surface area (Å²) in [6.07, 6.45) is -3.28. The van der Waals surface area contributed by atoms with Gasteiger partial charge < -0.3 is 10.3 Å². The zero-order chi connectivity index (χ0) is 25.5. The van der Waals surface area contributed by atoms with E-state index < -0.39 is 34.1 Å². The molecule has 4 rings (SSSR count). The van der Waals surface area contributed by atoms with Crippen LogP contribution in [-0.2, 0) is 36.0 Å². The second-order valence-corrected chi connectivity index (χ2v) is 10.7. The molecule has 35 heavy (non-hydrogen) atoms. The van der Waals surface area contributed by atoms with Crippen molar-refractivity contribution < 1.29 is 26.0 Å². The minimum Gasteiger partial charge on any atom is -0.326 e. The Morgan fingerprint density at radius 1 is 1.00 bits per heavy atom. The van der Waals surface area contributed by atoms with Crippen LogP contribution in [0, 0.1) is 5.82 Å². The molecule has 0 aliphatic heterocycles. The van der Waals surface area contributed by atoms with Gasteiger partial charge in [0.2, 0.25) is 0 Å². The smallest absolute Gasteiger partial charge is 0.326 e. The molecule has 0 aliphatic carbocycles. The Morgan fingerprint density at radius 2 is 1.71 bits per heavy atom. The first kappa shape index (κ1) is 24.9. The summed E-state index contributed by atoms with van der Waals surface area (Å²) >= 11 is 0.